The van der Waals surface area contributed by atoms with E-state index in [1.807, 2.05) is 0 Å². The SMILES string of the molecule is CNO[C@@H](C)C=O. The molecule has 0 rings (SSSR count). The van der Waals surface area contributed by atoms with Crippen LogP contribution >= 0.6 is 0 Å². The second-order valence-electron chi connectivity index (χ2n) is 1.16. The van der Waals surface area contributed by atoms with E-state index in [1.165, 1.54) is 0 Å². The lowest BCUT2D eigenvalue weighted by Crippen LogP contribution is -2.18. The van der Waals surface area contributed by atoms with Crippen LogP contribution in [0.2, 0.25) is 0 Å². The Morgan fingerprint density at radius 2 is 2.43 bits per heavy atom. The molecule has 0 aromatic carbocycles. The summed E-state index contributed by atoms with van der Waals surface area (Å²) >= 11 is 0. The van der Waals surface area contributed by atoms with Gasteiger partial charge in [-0.15, -0.1) is 0 Å². The van der Waals surface area contributed by atoms with Crippen molar-refractivity contribution < 1.29 is 9.63 Å². The fourth-order valence-electron chi connectivity index (χ4n) is 0.214. The van der Waals surface area contributed by atoms with Gasteiger partial charge in [0.2, 0.25) is 0 Å². The number of hydroxylamine groups is 1. The molecule has 0 fully saturated rings. The summed E-state index contributed by atoms with van der Waals surface area (Å²) in [6.07, 6.45) is 0.376. The summed E-state index contributed by atoms with van der Waals surface area (Å²) in [4.78, 5) is 14.3. The smallest absolute Gasteiger partial charge is 0.150 e. The summed E-state index contributed by atoms with van der Waals surface area (Å²) in [5.74, 6) is 0. The highest BCUT2D eigenvalue weighted by Crippen LogP contribution is 1.75. The zero-order valence-electron chi connectivity index (χ0n) is 4.47. The predicted molar refractivity (Wildman–Crippen MR) is 25.7 cm³/mol. The first-order valence-electron chi connectivity index (χ1n) is 2.09. The first kappa shape index (κ1) is 6.59. The van der Waals surface area contributed by atoms with Crippen molar-refractivity contribution in [1.29, 1.82) is 0 Å². The monoisotopic (exact) mass is 103 g/mol. The Morgan fingerprint density at radius 3 is 2.57 bits per heavy atom. The summed E-state index contributed by atoms with van der Waals surface area (Å²) in [5.41, 5.74) is 2.39. The highest BCUT2D eigenvalue weighted by molar-refractivity contribution is 5.54. The topological polar surface area (TPSA) is 38.3 Å². The second-order valence-corrected chi connectivity index (χ2v) is 1.16. The van der Waals surface area contributed by atoms with Gasteiger partial charge in [0.15, 0.2) is 6.29 Å². The maximum Gasteiger partial charge on any atom is 0.150 e. The third kappa shape index (κ3) is 3.42. The molecule has 0 aliphatic carbocycles. The van der Waals surface area contributed by atoms with Crippen LogP contribution in [0.15, 0.2) is 0 Å². The number of carbonyl (C=O) groups is 1. The van der Waals surface area contributed by atoms with E-state index in [1.54, 1.807) is 14.0 Å². The van der Waals surface area contributed by atoms with E-state index in [0.29, 0.717) is 0 Å². The molecular formula is C4H9NO2. The molecule has 0 saturated heterocycles. The minimum Gasteiger partial charge on any atom is -0.300 e. The van der Waals surface area contributed by atoms with Gasteiger partial charge in [-0.05, 0) is 6.92 Å². The summed E-state index contributed by atoms with van der Waals surface area (Å²) in [6, 6.07) is 0. The maximum atomic E-state index is 9.73. The molecule has 0 bridgehead atoms. The van der Waals surface area contributed by atoms with E-state index in [9.17, 15) is 4.79 Å². The number of carbonyl (C=O) groups excluding carboxylic acids is 1. The van der Waals surface area contributed by atoms with Crippen molar-refractivity contribution in [3.05, 3.63) is 0 Å². The zero-order chi connectivity index (χ0) is 5.70. The van der Waals surface area contributed by atoms with Crippen LogP contribution in [0, 0.1) is 0 Å². The van der Waals surface area contributed by atoms with Crippen molar-refractivity contribution in [3.8, 4) is 0 Å². The van der Waals surface area contributed by atoms with Gasteiger partial charge in [0.05, 0.1) is 0 Å². The van der Waals surface area contributed by atoms with Gasteiger partial charge < -0.3 is 4.79 Å². The van der Waals surface area contributed by atoms with Crippen molar-refractivity contribution in [1.82, 2.24) is 5.48 Å². The van der Waals surface area contributed by atoms with Gasteiger partial charge in [0.1, 0.15) is 6.10 Å². The summed E-state index contributed by atoms with van der Waals surface area (Å²) in [7, 11) is 1.61. The van der Waals surface area contributed by atoms with Crippen molar-refractivity contribution in [3.63, 3.8) is 0 Å². The Bertz CT molecular complexity index is 55.7. The van der Waals surface area contributed by atoms with E-state index in [0.717, 1.165) is 6.29 Å². The molecule has 0 unspecified atom stereocenters. The Morgan fingerprint density at radius 1 is 1.86 bits per heavy atom. The lowest BCUT2D eigenvalue weighted by atomic mass is 10.5. The molecule has 3 nitrogen and oxygen atoms in total. The number of aldehydes is 1. The van der Waals surface area contributed by atoms with Gasteiger partial charge >= 0.3 is 0 Å². The van der Waals surface area contributed by atoms with Gasteiger partial charge in [-0.25, -0.2) is 5.48 Å². The number of rotatable bonds is 3. The molecule has 0 radical (unpaired) electrons. The molecule has 0 aliphatic rings. The summed E-state index contributed by atoms with van der Waals surface area (Å²) in [5, 5.41) is 0. The molecule has 7 heavy (non-hydrogen) atoms. The fraction of sp³-hybridized carbons (Fsp3) is 0.750. The Balaban J connectivity index is 2.98. The van der Waals surface area contributed by atoms with Crippen molar-refractivity contribution in [2.24, 2.45) is 0 Å². The van der Waals surface area contributed by atoms with E-state index >= 15 is 0 Å². The largest absolute Gasteiger partial charge is 0.300 e. The molecule has 0 aromatic heterocycles. The van der Waals surface area contributed by atoms with Gasteiger partial charge in [-0.3, -0.25) is 4.84 Å². The second kappa shape index (κ2) is 3.77. The van der Waals surface area contributed by atoms with Crippen molar-refractivity contribution in [2.45, 2.75) is 13.0 Å². The molecule has 42 valence electrons. The van der Waals surface area contributed by atoms with Crippen LogP contribution in [0.4, 0.5) is 0 Å². The highest BCUT2D eigenvalue weighted by Gasteiger charge is 1.92. The van der Waals surface area contributed by atoms with Crippen molar-refractivity contribution in [2.75, 3.05) is 7.05 Å². The van der Waals surface area contributed by atoms with Gasteiger partial charge in [0.25, 0.3) is 0 Å². The van der Waals surface area contributed by atoms with Gasteiger partial charge in [-0.1, -0.05) is 0 Å². The molecule has 1 atom stereocenters. The van der Waals surface area contributed by atoms with Crippen LogP contribution in [0.3, 0.4) is 0 Å². The van der Waals surface area contributed by atoms with Crippen LogP contribution in [-0.2, 0) is 9.63 Å². The van der Waals surface area contributed by atoms with E-state index in [-0.39, 0.29) is 6.10 Å². The summed E-state index contributed by atoms with van der Waals surface area (Å²) < 4.78 is 0. The molecule has 0 amide bonds. The maximum absolute atomic E-state index is 9.73. The van der Waals surface area contributed by atoms with E-state index in [4.69, 9.17) is 0 Å². The third-order valence-corrected chi connectivity index (χ3v) is 0.495. The molecular weight excluding hydrogens is 94.0 g/mol. The Labute approximate surface area is 42.6 Å². The molecule has 0 spiro atoms. The summed E-state index contributed by atoms with van der Waals surface area (Å²) in [6.45, 7) is 1.66. The van der Waals surface area contributed by atoms with Crippen molar-refractivity contribution >= 4 is 6.29 Å². The normalized spacial score (nSPS) is 13.4. The lowest BCUT2D eigenvalue weighted by molar-refractivity contribution is -0.120. The van der Waals surface area contributed by atoms with Crippen LogP contribution < -0.4 is 5.48 Å². The molecule has 0 aliphatic heterocycles. The van der Waals surface area contributed by atoms with Crippen LogP contribution in [0.1, 0.15) is 6.92 Å². The molecule has 3 heteroatoms. The third-order valence-electron chi connectivity index (χ3n) is 0.495. The zero-order valence-corrected chi connectivity index (χ0v) is 4.47. The highest BCUT2D eigenvalue weighted by atomic mass is 16.7. The molecule has 0 aromatic rings. The van der Waals surface area contributed by atoms with Gasteiger partial charge in [-0.2, -0.15) is 0 Å². The van der Waals surface area contributed by atoms with Crippen LogP contribution in [-0.4, -0.2) is 19.4 Å². The average molecular weight is 103 g/mol. The minimum atomic E-state index is -0.343. The van der Waals surface area contributed by atoms with Crippen LogP contribution in [0.25, 0.3) is 0 Å². The number of hydrogen-bond donors (Lipinski definition) is 1. The number of hydrogen-bond acceptors (Lipinski definition) is 3. The molecule has 1 N–H and O–H groups in total. The Hall–Kier alpha value is -0.410. The van der Waals surface area contributed by atoms with Gasteiger partial charge in [0, 0.05) is 7.05 Å². The first-order chi connectivity index (χ1) is 3.31. The fourth-order valence-corrected chi connectivity index (χ4v) is 0.214. The first-order valence-corrected chi connectivity index (χ1v) is 2.09. The van der Waals surface area contributed by atoms with E-state index < -0.39 is 0 Å². The predicted octanol–water partition coefficient (Wildman–Crippen LogP) is -0.275. The Kier molecular flexibility index (Phi) is 3.55. The quantitative estimate of drug-likeness (QED) is 0.394. The average Bonchev–Trinajstić information content (AvgIpc) is 1.68. The minimum absolute atomic E-state index is 0.343. The molecule has 0 saturated carbocycles. The number of nitrogens with one attached hydrogen (secondary N) is 1. The van der Waals surface area contributed by atoms with E-state index in [2.05, 4.69) is 10.3 Å². The lowest BCUT2D eigenvalue weighted by Gasteiger charge is -1.99. The molecule has 0 heterocycles. The standard InChI is InChI=1S/C4H9NO2/c1-4(3-6)7-5-2/h3-5H,1-2H3/t4-/m0/s1. The van der Waals surface area contributed by atoms with Crippen LogP contribution in [0.5, 0.6) is 0 Å².